The van der Waals surface area contributed by atoms with Gasteiger partial charge in [0.2, 0.25) is 0 Å². The minimum atomic E-state index is 0.459. The van der Waals surface area contributed by atoms with Gasteiger partial charge in [-0.05, 0) is 70.3 Å². The number of rotatable bonds is 5. The summed E-state index contributed by atoms with van der Waals surface area (Å²) in [6.07, 6.45) is 2.70. The number of likely N-dealkylation sites (N-methyl/N-ethyl adjacent to an activating group) is 1. The Kier molecular flexibility index (Phi) is 5.22. The first-order valence-corrected chi connectivity index (χ1v) is 8.08. The van der Waals surface area contributed by atoms with Crippen LogP contribution in [-0.4, -0.2) is 30.6 Å². The first kappa shape index (κ1) is 15.5. The van der Waals surface area contributed by atoms with Crippen LogP contribution < -0.4 is 5.32 Å². The average molecular weight is 274 g/mol. The van der Waals surface area contributed by atoms with E-state index in [0.717, 1.165) is 19.1 Å². The van der Waals surface area contributed by atoms with Gasteiger partial charge in [-0.1, -0.05) is 24.6 Å². The highest BCUT2D eigenvalue weighted by molar-refractivity contribution is 5.40. The summed E-state index contributed by atoms with van der Waals surface area (Å²) in [6.45, 7) is 14.7. The van der Waals surface area contributed by atoms with Crippen LogP contribution in [0.5, 0.6) is 0 Å². The predicted octanol–water partition coefficient (Wildman–Crippen LogP) is 3.75. The van der Waals surface area contributed by atoms with E-state index in [1.165, 1.54) is 41.6 Å². The second kappa shape index (κ2) is 6.73. The Morgan fingerprint density at radius 1 is 1.25 bits per heavy atom. The van der Waals surface area contributed by atoms with Crippen LogP contribution in [0.1, 0.15) is 55.0 Å². The first-order valence-electron chi connectivity index (χ1n) is 8.08. The third-order valence-electron chi connectivity index (χ3n) is 4.64. The molecule has 2 unspecified atom stereocenters. The molecule has 2 nitrogen and oxygen atoms in total. The lowest BCUT2D eigenvalue weighted by Crippen LogP contribution is -2.37. The molecule has 1 aliphatic heterocycles. The van der Waals surface area contributed by atoms with Gasteiger partial charge in [-0.25, -0.2) is 0 Å². The molecule has 2 heteroatoms. The van der Waals surface area contributed by atoms with Crippen LogP contribution in [0.4, 0.5) is 0 Å². The van der Waals surface area contributed by atoms with Crippen molar-refractivity contribution < 1.29 is 0 Å². The second-order valence-electron chi connectivity index (χ2n) is 6.41. The van der Waals surface area contributed by atoms with Crippen LogP contribution in [0.3, 0.4) is 0 Å². The number of nitrogens with one attached hydrogen (secondary N) is 1. The van der Waals surface area contributed by atoms with Crippen molar-refractivity contribution >= 4 is 0 Å². The molecule has 20 heavy (non-hydrogen) atoms. The van der Waals surface area contributed by atoms with E-state index in [-0.39, 0.29) is 0 Å². The summed E-state index contributed by atoms with van der Waals surface area (Å²) in [4.78, 5) is 2.64. The van der Waals surface area contributed by atoms with Crippen molar-refractivity contribution in [2.45, 2.75) is 59.5 Å². The molecule has 1 aromatic rings. The normalized spacial score (nSPS) is 21.4. The van der Waals surface area contributed by atoms with Gasteiger partial charge in [0.25, 0.3) is 0 Å². The molecule has 1 aliphatic rings. The number of benzene rings is 1. The molecule has 0 radical (unpaired) electrons. The molecule has 0 aromatic heterocycles. The van der Waals surface area contributed by atoms with Gasteiger partial charge in [-0.15, -0.1) is 0 Å². The van der Waals surface area contributed by atoms with Crippen molar-refractivity contribution in [3.8, 4) is 0 Å². The van der Waals surface area contributed by atoms with Gasteiger partial charge in [0.05, 0.1) is 0 Å². The minimum Gasteiger partial charge on any atom is -0.309 e. The molecule has 112 valence electrons. The zero-order valence-corrected chi connectivity index (χ0v) is 13.8. The molecule has 1 N–H and O–H groups in total. The molecule has 1 heterocycles. The minimum absolute atomic E-state index is 0.459. The third kappa shape index (κ3) is 3.42. The molecule has 1 fully saturated rings. The fourth-order valence-corrected chi connectivity index (χ4v) is 3.74. The predicted molar refractivity (Wildman–Crippen MR) is 87.3 cm³/mol. The molecule has 0 saturated carbocycles. The Labute approximate surface area is 124 Å². The van der Waals surface area contributed by atoms with Crippen molar-refractivity contribution in [3.05, 3.63) is 34.4 Å². The third-order valence-corrected chi connectivity index (χ3v) is 4.64. The molecular weight excluding hydrogens is 244 g/mol. The van der Waals surface area contributed by atoms with Crippen LogP contribution in [0.25, 0.3) is 0 Å². The summed E-state index contributed by atoms with van der Waals surface area (Å²) >= 11 is 0. The highest BCUT2D eigenvalue weighted by Crippen LogP contribution is 2.27. The SMILES string of the molecule is CCNC(CN1CCCC1C)c1c(C)cc(C)cc1C. The highest BCUT2D eigenvalue weighted by Gasteiger charge is 2.25. The second-order valence-corrected chi connectivity index (χ2v) is 6.41. The van der Waals surface area contributed by atoms with Crippen molar-refractivity contribution in [3.63, 3.8) is 0 Å². The standard InChI is InChI=1S/C18H30N2/c1-6-19-17(12-20-9-7-8-16(20)5)18-14(3)10-13(2)11-15(18)4/h10-11,16-17,19H,6-9,12H2,1-5H3. The monoisotopic (exact) mass is 274 g/mol. The van der Waals surface area contributed by atoms with E-state index in [9.17, 15) is 0 Å². The first-order chi connectivity index (χ1) is 9.52. The van der Waals surface area contributed by atoms with Crippen molar-refractivity contribution in [1.29, 1.82) is 0 Å². The van der Waals surface area contributed by atoms with Crippen LogP contribution >= 0.6 is 0 Å². The van der Waals surface area contributed by atoms with Gasteiger partial charge >= 0.3 is 0 Å². The lowest BCUT2D eigenvalue weighted by atomic mass is 9.93. The molecule has 1 aromatic carbocycles. The van der Waals surface area contributed by atoms with Crippen molar-refractivity contribution in [2.24, 2.45) is 0 Å². The quantitative estimate of drug-likeness (QED) is 0.880. The van der Waals surface area contributed by atoms with E-state index in [0.29, 0.717) is 6.04 Å². The summed E-state index contributed by atoms with van der Waals surface area (Å²) in [5, 5.41) is 3.71. The van der Waals surface area contributed by atoms with Gasteiger partial charge in [0.1, 0.15) is 0 Å². The maximum Gasteiger partial charge on any atom is 0.0454 e. The van der Waals surface area contributed by atoms with Gasteiger partial charge in [-0.3, -0.25) is 4.90 Å². The topological polar surface area (TPSA) is 15.3 Å². The number of hydrogen-bond donors (Lipinski definition) is 1. The fourth-order valence-electron chi connectivity index (χ4n) is 3.74. The molecule has 0 bridgehead atoms. The Bertz CT molecular complexity index is 430. The maximum atomic E-state index is 3.71. The fraction of sp³-hybridized carbons (Fsp3) is 0.667. The van der Waals surface area contributed by atoms with Crippen molar-refractivity contribution in [2.75, 3.05) is 19.6 Å². The lowest BCUT2D eigenvalue weighted by Gasteiger charge is -2.30. The Balaban J connectivity index is 2.24. The number of likely N-dealkylation sites (tertiary alicyclic amines) is 1. The molecule has 0 amide bonds. The van der Waals surface area contributed by atoms with Gasteiger partial charge in [0, 0.05) is 18.6 Å². The van der Waals surface area contributed by atoms with Crippen LogP contribution in [0.15, 0.2) is 12.1 Å². The summed E-state index contributed by atoms with van der Waals surface area (Å²) < 4.78 is 0. The highest BCUT2D eigenvalue weighted by atomic mass is 15.2. The Morgan fingerprint density at radius 2 is 1.90 bits per heavy atom. The zero-order valence-electron chi connectivity index (χ0n) is 13.8. The molecule has 0 aliphatic carbocycles. The summed E-state index contributed by atoms with van der Waals surface area (Å²) in [6, 6.07) is 5.84. The molecule has 2 rings (SSSR count). The number of hydrogen-bond acceptors (Lipinski definition) is 2. The van der Waals surface area contributed by atoms with E-state index in [2.05, 4.69) is 57.0 Å². The van der Waals surface area contributed by atoms with E-state index < -0.39 is 0 Å². The van der Waals surface area contributed by atoms with E-state index in [1.807, 2.05) is 0 Å². The smallest absolute Gasteiger partial charge is 0.0454 e. The van der Waals surface area contributed by atoms with E-state index >= 15 is 0 Å². The maximum absolute atomic E-state index is 3.71. The Morgan fingerprint density at radius 3 is 2.40 bits per heavy atom. The Hall–Kier alpha value is -0.860. The summed E-state index contributed by atoms with van der Waals surface area (Å²) in [5.41, 5.74) is 5.74. The molecule has 2 atom stereocenters. The summed E-state index contributed by atoms with van der Waals surface area (Å²) in [5.74, 6) is 0. The molecule has 1 saturated heterocycles. The zero-order chi connectivity index (χ0) is 14.7. The number of nitrogens with zero attached hydrogens (tertiary/aromatic N) is 1. The largest absolute Gasteiger partial charge is 0.309 e. The van der Waals surface area contributed by atoms with Crippen molar-refractivity contribution in [1.82, 2.24) is 10.2 Å². The lowest BCUT2D eigenvalue weighted by molar-refractivity contribution is 0.237. The molecule has 0 spiro atoms. The van der Waals surface area contributed by atoms with Gasteiger partial charge in [-0.2, -0.15) is 0 Å². The van der Waals surface area contributed by atoms with Crippen LogP contribution in [-0.2, 0) is 0 Å². The van der Waals surface area contributed by atoms with Gasteiger partial charge < -0.3 is 5.32 Å². The van der Waals surface area contributed by atoms with Crippen LogP contribution in [0, 0.1) is 20.8 Å². The summed E-state index contributed by atoms with van der Waals surface area (Å²) in [7, 11) is 0. The molecular formula is C18H30N2. The van der Waals surface area contributed by atoms with Crippen LogP contribution in [0.2, 0.25) is 0 Å². The van der Waals surface area contributed by atoms with E-state index in [4.69, 9.17) is 0 Å². The van der Waals surface area contributed by atoms with E-state index in [1.54, 1.807) is 0 Å². The average Bonchev–Trinajstić information content (AvgIpc) is 2.74. The number of aryl methyl sites for hydroxylation is 3. The van der Waals surface area contributed by atoms with Gasteiger partial charge in [0.15, 0.2) is 0 Å².